The molecule has 0 amide bonds. The van der Waals surface area contributed by atoms with Crippen molar-refractivity contribution in [2.75, 3.05) is 13.2 Å². The standard InChI is InChI=1S/C75H134O6/c1-4-7-10-13-16-19-22-24-26-28-30-31-32-33-34-35-36-37-38-39-40-41-42-43-45-46-48-50-53-56-59-62-65-68-74(77)80-71-72(70-79-73(76)67-64-61-58-55-52-21-18-15-12-9-6-3)81-75(78)69-66-63-60-57-54-51-49-47-44-29-27-25-23-20-17-14-11-8-5-2/h8,11,17,20,22,24-25,27-28,30,44,47,72H,4-7,9-10,12-16,18-19,21,23,26,29,31-43,45-46,48-71H2,1-3H3/b11-8-,20-17-,24-22-,27-25-,30-28-,47-44-. The molecule has 0 aliphatic heterocycles. The number of carbonyl (C=O) groups is 3. The van der Waals surface area contributed by atoms with Crippen molar-refractivity contribution >= 4 is 17.9 Å². The van der Waals surface area contributed by atoms with Gasteiger partial charge in [0.05, 0.1) is 0 Å². The molecule has 6 nitrogen and oxygen atoms in total. The summed E-state index contributed by atoms with van der Waals surface area (Å²) >= 11 is 0. The lowest BCUT2D eigenvalue weighted by Gasteiger charge is -2.18. The molecule has 0 bridgehead atoms. The minimum atomic E-state index is -0.781. The lowest BCUT2D eigenvalue weighted by Crippen LogP contribution is -2.30. The van der Waals surface area contributed by atoms with E-state index in [4.69, 9.17) is 14.2 Å². The Hall–Kier alpha value is -3.15. The average Bonchev–Trinajstić information content (AvgIpc) is 3.47. The lowest BCUT2D eigenvalue weighted by molar-refractivity contribution is -0.167. The normalized spacial score (nSPS) is 12.5. The first-order valence-electron chi connectivity index (χ1n) is 35.4. The highest BCUT2D eigenvalue weighted by molar-refractivity contribution is 5.71. The molecule has 1 atom stereocenters. The van der Waals surface area contributed by atoms with Crippen molar-refractivity contribution in [3.8, 4) is 0 Å². The Morgan fingerprint density at radius 2 is 0.481 bits per heavy atom. The molecule has 0 saturated carbocycles. The van der Waals surface area contributed by atoms with Crippen LogP contribution in [0.5, 0.6) is 0 Å². The van der Waals surface area contributed by atoms with Crippen LogP contribution in [0.3, 0.4) is 0 Å². The third-order valence-electron chi connectivity index (χ3n) is 15.7. The summed E-state index contributed by atoms with van der Waals surface area (Å²) in [6.45, 7) is 6.55. The first-order chi connectivity index (χ1) is 40.0. The van der Waals surface area contributed by atoms with E-state index in [0.29, 0.717) is 19.3 Å². The topological polar surface area (TPSA) is 78.9 Å². The highest BCUT2D eigenvalue weighted by Gasteiger charge is 2.19. The molecule has 0 spiro atoms. The van der Waals surface area contributed by atoms with Crippen LogP contribution in [-0.4, -0.2) is 37.2 Å². The monoisotopic (exact) mass is 1130 g/mol. The first-order valence-corrected chi connectivity index (χ1v) is 35.4. The van der Waals surface area contributed by atoms with Crippen molar-refractivity contribution in [1.29, 1.82) is 0 Å². The van der Waals surface area contributed by atoms with Gasteiger partial charge in [0.15, 0.2) is 6.10 Å². The van der Waals surface area contributed by atoms with E-state index in [1.54, 1.807) is 0 Å². The fourth-order valence-corrected chi connectivity index (χ4v) is 10.4. The molecule has 1 unspecified atom stereocenters. The molecular formula is C75H134O6. The van der Waals surface area contributed by atoms with Gasteiger partial charge in [-0.1, -0.05) is 331 Å². The second-order valence-corrected chi connectivity index (χ2v) is 23.8. The van der Waals surface area contributed by atoms with Crippen LogP contribution in [0.15, 0.2) is 72.9 Å². The van der Waals surface area contributed by atoms with Crippen LogP contribution in [0.2, 0.25) is 0 Å². The molecule has 0 fully saturated rings. The molecule has 0 aliphatic rings. The van der Waals surface area contributed by atoms with Crippen LogP contribution in [0.1, 0.15) is 367 Å². The van der Waals surface area contributed by atoms with Crippen LogP contribution in [-0.2, 0) is 28.6 Å². The number of ether oxygens (including phenoxy) is 3. The van der Waals surface area contributed by atoms with Gasteiger partial charge in [0.25, 0.3) is 0 Å². The first kappa shape index (κ1) is 77.9. The Labute approximate surface area is 503 Å². The number of hydrogen-bond donors (Lipinski definition) is 0. The Morgan fingerprint density at radius 3 is 0.753 bits per heavy atom. The second kappa shape index (κ2) is 69.3. The Balaban J connectivity index is 4.12. The van der Waals surface area contributed by atoms with Gasteiger partial charge in [0, 0.05) is 19.3 Å². The van der Waals surface area contributed by atoms with Crippen molar-refractivity contribution in [3.05, 3.63) is 72.9 Å². The highest BCUT2D eigenvalue weighted by atomic mass is 16.6. The third kappa shape index (κ3) is 67.5. The van der Waals surface area contributed by atoms with E-state index < -0.39 is 6.10 Å². The van der Waals surface area contributed by atoms with Gasteiger partial charge in [-0.3, -0.25) is 14.4 Å². The molecule has 0 rings (SSSR count). The summed E-state index contributed by atoms with van der Waals surface area (Å²) in [5.74, 6) is -0.871. The van der Waals surface area contributed by atoms with Crippen molar-refractivity contribution in [1.82, 2.24) is 0 Å². The zero-order valence-electron chi connectivity index (χ0n) is 54.1. The van der Waals surface area contributed by atoms with Crippen LogP contribution in [0.25, 0.3) is 0 Å². The summed E-state index contributed by atoms with van der Waals surface area (Å²) in [6.07, 6.45) is 90.9. The predicted octanol–water partition coefficient (Wildman–Crippen LogP) is 24.4. The molecule has 81 heavy (non-hydrogen) atoms. The molecule has 0 aromatic rings. The van der Waals surface area contributed by atoms with Gasteiger partial charge in [0.1, 0.15) is 13.2 Å². The fraction of sp³-hybridized carbons (Fsp3) is 0.800. The van der Waals surface area contributed by atoms with E-state index in [-0.39, 0.29) is 31.1 Å². The summed E-state index contributed by atoms with van der Waals surface area (Å²) in [5.41, 5.74) is 0. The summed E-state index contributed by atoms with van der Waals surface area (Å²) in [4.78, 5) is 38.3. The van der Waals surface area contributed by atoms with Gasteiger partial charge in [0.2, 0.25) is 0 Å². The number of unbranched alkanes of at least 4 members (excludes halogenated alkanes) is 42. The smallest absolute Gasteiger partial charge is 0.306 e. The third-order valence-corrected chi connectivity index (χ3v) is 15.7. The summed E-state index contributed by atoms with van der Waals surface area (Å²) in [5, 5.41) is 0. The molecule has 0 N–H and O–H groups in total. The van der Waals surface area contributed by atoms with E-state index >= 15 is 0 Å². The largest absolute Gasteiger partial charge is 0.462 e. The lowest BCUT2D eigenvalue weighted by atomic mass is 10.0. The van der Waals surface area contributed by atoms with E-state index in [1.807, 2.05) is 0 Å². The number of carbonyl (C=O) groups excluding carboxylic acids is 3. The van der Waals surface area contributed by atoms with Crippen molar-refractivity contribution in [3.63, 3.8) is 0 Å². The van der Waals surface area contributed by atoms with Gasteiger partial charge in [-0.15, -0.1) is 0 Å². The predicted molar refractivity (Wildman–Crippen MR) is 353 cm³/mol. The van der Waals surface area contributed by atoms with Gasteiger partial charge in [-0.25, -0.2) is 0 Å². The van der Waals surface area contributed by atoms with Crippen LogP contribution < -0.4 is 0 Å². The maximum atomic E-state index is 12.9. The van der Waals surface area contributed by atoms with Gasteiger partial charge in [-0.2, -0.15) is 0 Å². The molecular weight excluding hydrogens is 997 g/mol. The molecule has 6 heteroatoms. The van der Waals surface area contributed by atoms with Crippen LogP contribution in [0.4, 0.5) is 0 Å². The zero-order chi connectivity index (χ0) is 58.5. The average molecular weight is 1130 g/mol. The molecule has 0 aromatic carbocycles. The van der Waals surface area contributed by atoms with Crippen LogP contribution in [0, 0.1) is 0 Å². The second-order valence-electron chi connectivity index (χ2n) is 23.8. The molecule has 0 heterocycles. The highest BCUT2D eigenvalue weighted by Crippen LogP contribution is 2.18. The Bertz CT molecular complexity index is 1490. The molecule has 0 radical (unpaired) electrons. The number of esters is 3. The molecule has 0 aromatic heterocycles. The fourth-order valence-electron chi connectivity index (χ4n) is 10.4. The number of rotatable bonds is 65. The minimum absolute atomic E-state index is 0.0766. The summed E-state index contributed by atoms with van der Waals surface area (Å²) < 4.78 is 16.9. The SMILES string of the molecule is CC/C=C\C/C=C\C/C=C\C/C=C\CCCCCCCCC(=O)OC(COC(=O)CCCCCCCCCCCCC)COC(=O)CCCCCCCCCCCCCCCCCCCCCCC/C=C\C/C=C\CCCCCCC. The number of hydrogen-bond acceptors (Lipinski definition) is 6. The van der Waals surface area contributed by atoms with Gasteiger partial charge >= 0.3 is 17.9 Å². The van der Waals surface area contributed by atoms with Crippen molar-refractivity contribution in [2.45, 2.75) is 374 Å². The Morgan fingerprint density at radius 1 is 0.259 bits per heavy atom. The van der Waals surface area contributed by atoms with Crippen molar-refractivity contribution < 1.29 is 28.6 Å². The quantitative estimate of drug-likeness (QED) is 0.0261. The maximum Gasteiger partial charge on any atom is 0.306 e. The summed E-state index contributed by atoms with van der Waals surface area (Å²) in [7, 11) is 0. The number of allylic oxidation sites excluding steroid dienone is 12. The molecule has 470 valence electrons. The molecule has 0 aliphatic carbocycles. The van der Waals surface area contributed by atoms with E-state index in [2.05, 4.69) is 93.7 Å². The van der Waals surface area contributed by atoms with Crippen molar-refractivity contribution in [2.24, 2.45) is 0 Å². The summed E-state index contributed by atoms with van der Waals surface area (Å²) in [6, 6.07) is 0. The van der Waals surface area contributed by atoms with Crippen LogP contribution >= 0.6 is 0 Å². The van der Waals surface area contributed by atoms with E-state index in [9.17, 15) is 14.4 Å². The Kier molecular flexibility index (Phi) is 66.6. The van der Waals surface area contributed by atoms with E-state index in [1.165, 1.54) is 225 Å². The van der Waals surface area contributed by atoms with Gasteiger partial charge in [-0.05, 0) is 89.9 Å². The zero-order valence-corrected chi connectivity index (χ0v) is 54.1. The van der Waals surface area contributed by atoms with E-state index in [0.717, 1.165) is 103 Å². The van der Waals surface area contributed by atoms with Gasteiger partial charge < -0.3 is 14.2 Å². The molecule has 0 saturated heterocycles. The maximum absolute atomic E-state index is 12.9. The minimum Gasteiger partial charge on any atom is -0.462 e.